The van der Waals surface area contributed by atoms with Crippen molar-refractivity contribution in [2.45, 2.75) is 51.9 Å². The molecule has 3 amide bonds. The van der Waals surface area contributed by atoms with Crippen LogP contribution in [-0.2, 0) is 34.0 Å². The number of aldehydes is 1. The number of fused-ring (bicyclic) bond motifs is 2. The molecule has 352 valence electrons. The van der Waals surface area contributed by atoms with Gasteiger partial charge in [-0.15, -0.1) is 0 Å². The monoisotopic (exact) mass is 920 g/mol. The minimum absolute atomic E-state index is 0.133. The number of hydrogen-bond acceptors (Lipinski definition) is 12. The van der Waals surface area contributed by atoms with Crippen molar-refractivity contribution in [2.75, 3.05) is 81.9 Å². The van der Waals surface area contributed by atoms with E-state index in [1.807, 2.05) is 57.7 Å². The third kappa shape index (κ3) is 9.89. The zero-order valence-corrected chi connectivity index (χ0v) is 38.5. The fraction of sp³-hybridized carbons (Fsp3) is 0.353. The Morgan fingerprint density at radius 2 is 1.65 bits per heavy atom. The molecule has 3 aromatic carbocycles. The number of imidazole rings is 1. The van der Waals surface area contributed by atoms with Gasteiger partial charge in [0.05, 0.1) is 17.1 Å². The highest BCUT2D eigenvalue weighted by Crippen LogP contribution is 2.33. The number of pyridine rings is 2. The van der Waals surface area contributed by atoms with Gasteiger partial charge >= 0.3 is 0 Å². The summed E-state index contributed by atoms with van der Waals surface area (Å²) in [7, 11) is 1.54. The topological polar surface area (TPSA) is 178 Å². The van der Waals surface area contributed by atoms with Crippen LogP contribution in [-0.4, -0.2) is 135 Å². The van der Waals surface area contributed by atoms with Gasteiger partial charge in [0.2, 0.25) is 11.8 Å². The quantitative estimate of drug-likeness (QED) is 0.111. The van der Waals surface area contributed by atoms with Gasteiger partial charge in [-0.3, -0.25) is 23.9 Å². The molecule has 3 aliphatic heterocycles. The zero-order valence-electron chi connectivity index (χ0n) is 38.5. The van der Waals surface area contributed by atoms with Gasteiger partial charge < -0.3 is 40.8 Å². The third-order valence-electron chi connectivity index (χ3n) is 13.4. The predicted molar refractivity (Wildman–Crippen MR) is 260 cm³/mol. The average Bonchev–Trinajstić information content (AvgIpc) is 3.88. The molecule has 1 atom stereocenters. The highest BCUT2D eigenvalue weighted by molar-refractivity contribution is 6.02. The first kappa shape index (κ1) is 45.9. The van der Waals surface area contributed by atoms with Crippen molar-refractivity contribution in [1.82, 2.24) is 44.4 Å². The van der Waals surface area contributed by atoms with Gasteiger partial charge in [0.1, 0.15) is 35.3 Å². The lowest BCUT2D eigenvalue weighted by molar-refractivity contribution is -0.132. The zero-order chi connectivity index (χ0) is 47.3. The number of aryl methyl sites for hydroxylation is 1. The molecule has 6 heterocycles. The van der Waals surface area contributed by atoms with Gasteiger partial charge in [0.15, 0.2) is 5.65 Å². The fourth-order valence-corrected chi connectivity index (χ4v) is 9.63. The van der Waals surface area contributed by atoms with Gasteiger partial charge in [-0.2, -0.15) is 0 Å². The number of aromatic nitrogens is 4. The summed E-state index contributed by atoms with van der Waals surface area (Å²) in [5.74, 6) is 0.412. The number of likely N-dealkylation sites (N-methyl/N-ethyl adjacent to an activating group) is 1. The van der Waals surface area contributed by atoms with Crippen molar-refractivity contribution in [2.24, 2.45) is 0 Å². The summed E-state index contributed by atoms with van der Waals surface area (Å²) >= 11 is 0. The second-order valence-corrected chi connectivity index (χ2v) is 17.7. The molecule has 0 radical (unpaired) electrons. The second kappa shape index (κ2) is 20.3. The smallest absolute Gasteiger partial charge is 0.255 e. The average molecular weight is 921 g/mol. The summed E-state index contributed by atoms with van der Waals surface area (Å²) in [6.07, 6.45) is 3.35. The highest BCUT2D eigenvalue weighted by Gasteiger charge is 2.37. The van der Waals surface area contributed by atoms with E-state index in [1.165, 1.54) is 18.7 Å². The SMILES string of the molecule is CNC(=O)C(CCC=O)N1Cc2c(NCc3ccc(CN4CCN(CCC(=O)N5CCN(c6ccc(-n7c(C)nc8ccc(-c9ccnc(N)c9)nc87)cc6F)CC5)CC4)cc3)cccc2C1=O. The summed E-state index contributed by atoms with van der Waals surface area (Å²) in [6.45, 7) is 10.1. The van der Waals surface area contributed by atoms with Crippen LogP contribution in [0.3, 0.4) is 0 Å². The Hall–Kier alpha value is -7.24. The van der Waals surface area contributed by atoms with Crippen molar-refractivity contribution >= 4 is 52.4 Å². The molecule has 0 bridgehead atoms. The molecule has 2 saturated heterocycles. The number of carbonyl (C=O) groups excluding carboxylic acids is 4. The largest absolute Gasteiger partial charge is 0.384 e. The van der Waals surface area contributed by atoms with Crippen LogP contribution in [0.4, 0.5) is 21.6 Å². The molecule has 1 unspecified atom stereocenters. The number of anilines is 3. The summed E-state index contributed by atoms with van der Waals surface area (Å²) in [4.78, 5) is 74.3. The van der Waals surface area contributed by atoms with Gasteiger partial charge in [0, 0.05) is 133 Å². The van der Waals surface area contributed by atoms with E-state index < -0.39 is 6.04 Å². The standard InChI is InChI=1S/C51H57FN12O4/c1-34-57-44-14-13-42(37-16-18-55-47(53)29-37)58-49(44)64(34)38-12-15-45(41(52)30-38)61-24-26-62(27-25-61)48(66)17-19-59-20-22-60(23-21-59)32-36-10-8-35(9-11-36)31-56-43-6-3-5-39-40(43)33-63(51(39)68)46(7-4-28-65)50(67)54-2/h3,5-6,8-16,18,28-30,46,56H,4,7,17,19-27,31-33H2,1-2H3,(H2,53,55)(H,54,67). The summed E-state index contributed by atoms with van der Waals surface area (Å²) in [5, 5.41) is 6.13. The van der Waals surface area contributed by atoms with E-state index in [0.717, 1.165) is 67.1 Å². The van der Waals surface area contributed by atoms with E-state index in [0.29, 0.717) is 92.0 Å². The Balaban J connectivity index is 0.707. The van der Waals surface area contributed by atoms with Crippen molar-refractivity contribution < 1.29 is 23.6 Å². The van der Waals surface area contributed by atoms with Crippen LogP contribution in [0.15, 0.2) is 91.1 Å². The highest BCUT2D eigenvalue weighted by atomic mass is 19.1. The molecule has 2 fully saturated rings. The first-order valence-electron chi connectivity index (χ1n) is 23.3. The Morgan fingerprint density at radius 1 is 0.882 bits per heavy atom. The molecule has 3 aromatic heterocycles. The Labute approximate surface area is 394 Å². The Morgan fingerprint density at radius 3 is 2.38 bits per heavy atom. The Kier molecular flexibility index (Phi) is 13.7. The number of hydrogen-bond donors (Lipinski definition) is 3. The van der Waals surface area contributed by atoms with E-state index in [2.05, 4.69) is 54.7 Å². The second-order valence-electron chi connectivity index (χ2n) is 17.7. The minimum atomic E-state index is -0.708. The fourth-order valence-electron chi connectivity index (χ4n) is 9.63. The van der Waals surface area contributed by atoms with Crippen molar-refractivity contribution in [3.63, 3.8) is 0 Å². The maximum atomic E-state index is 15.9. The number of nitrogens with two attached hydrogens (primary N) is 1. The van der Waals surface area contributed by atoms with Crippen LogP contribution in [0.1, 0.15) is 52.1 Å². The van der Waals surface area contributed by atoms with E-state index in [1.54, 1.807) is 29.3 Å². The molecule has 68 heavy (non-hydrogen) atoms. The van der Waals surface area contributed by atoms with Crippen molar-refractivity contribution in [3.8, 4) is 16.9 Å². The lowest BCUT2D eigenvalue weighted by atomic mass is 10.1. The normalized spacial score (nSPS) is 16.0. The van der Waals surface area contributed by atoms with E-state index in [-0.39, 0.29) is 36.4 Å². The maximum absolute atomic E-state index is 15.9. The molecule has 17 heteroatoms. The number of halogens is 1. The lowest BCUT2D eigenvalue weighted by Crippen LogP contribution is -2.50. The van der Waals surface area contributed by atoms with Crippen LogP contribution in [0.25, 0.3) is 28.1 Å². The number of nitrogen functional groups attached to an aromatic ring is 1. The number of benzene rings is 3. The number of rotatable bonds is 16. The predicted octanol–water partition coefficient (Wildman–Crippen LogP) is 5.03. The molecule has 3 aliphatic rings. The number of piperazine rings is 2. The number of nitrogens with one attached hydrogen (secondary N) is 2. The lowest BCUT2D eigenvalue weighted by Gasteiger charge is -2.37. The van der Waals surface area contributed by atoms with Crippen LogP contribution in [0.2, 0.25) is 0 Å². The minimum Gasteiger partial charge on any atom is -0.384 e. The van der Waals surface area contributed by atoms with Gasteiger partial charge in [-0.25, -0.2) is 19.3 Å². The van der Waals surface area contributed by atoms with Crippen molar-refractivity contribution in [1.29, 1.82) is 0 Å². The molecule has 16 nitrogen and oxygen atoms in total. The molecule has 6 aromatic rings. The molecule has 0 spiro atoms. The molecular weight excluding hydrogens is 864 g/mol. The first-order chi connectivity index (χ1) is 33.1. The molecule has 0 saturated carbocycles. The number of nitrogens with zero attached hydrogens (tertiary/aromatic N) is 9. The number of amides is 3. The third-order valence-corrected chi connectivity index (χ3v) is 13.4. The molecule has 4 N–H and O–H groups in total. The van der Waals surface area contributed by atoms with Crippen LogP contribution >= 0.6 is 0 Å². The molecular formula is C51H57FN12O4. The Bertz CT molecular complexity index is 2820. The first-order valence-corrected chi connectivity index (χ1v) is 23.3. The maximum Gasteiger partial charge on any atom is 0.255 e. The molecule has 9 rings (SSSR count). The van der Waals surface area contributed by atoms with Gasteiger partial charge in [-0.1, -0.05) is 30.3 Å². The van der Waals surface area contributed by atoms with Gasteiger partial charge in [-0.05, 0) is 73.0 Å². The van der Waals surface area contributed by atoms with Gasteiger partial charge in [0.25, 0.3) is 5.91 Å². The molecule has 0 aliphatic carbocycles. The summed E-state index contributed by atoms with van der Waals surface area (Å²) in [6, 6.07) is 26.1. The summed E-state index contributed by atoms with van der Waals surface area (Å²) < 4.78 is 17.7. The van der Waals surface area contributed by atoms with Crippen LogP contribution in [0.5, 0.6) is 0 Å². The van der Waals surface area contributed by atoms with Crippen molar-refractivity contribution in [3.05, 3.63) is 125 Å². The number of carbonyl (C=O) groups is 4. The van der Waals surface area contributed by atoms with E-state index in [4.69, 9.17) is 10.7 Å². The van der Waals surface area contributed by atoms with E-state index >= 15 is 4.39 Å². The van der Waals surface area contributed by atoms with Crippen LogP contribution in [0, 0.1) is 12.7 Å². The van der Waals surface area contributed by atoms with Crippen LogP contribution < -0.4 is 21.3 Å². The van der Waals surface area contributed by atoms with E-state index in [9.17, 15) is 19.2 Å². The summed E-state index contributed by atoms with van der Waals surface area (Å²) in [5.41, 5.74) is 14.6.